The Kier molecular flexibility index (Phi) is 4.85. The van der Waals surface area contributed by atoms with Gasteiger partial charge in [-0.2, -0.15) is 0 Å². The number of methoxy groups -OCH3 is 1. The van der Waals surface area contributed by atoms with Crippen molar-refractivity contribution in [3.8, 4) is 5.75 Å². The quantitative estimate of drug-likeness (QED) is 0.459. The molecule has 5 heteroatoms. The second-order valence-corrected chi connectivity index (χ2v) is 5.22. The van der Waals surface area contributed by atoms with E-state index in [2.05, 4.69) is 6.58 Å². The van der Waals surface area contributed by atoms with E-state index in [4.69, 9.17) is 9.47 Å². The Morgan fingerprint density at radius 3 is 2.64 bits per heavy atom. The summed E-state index contributed by atoms with van der Waals surface area (Å²) in [4.78, 5) is 26.4. The summed E-state index contributed by atoms with van der Waals surface area (Å²) in [5.41, 5.74) is -0.250. The van der Waals surface area contributed by atoms with Crippen molar-refractivity contribution in [2.45, 2.75) is 19.9 Å². The highest BCUT2D eigenvalue weighted by molar-refractivity contribution is 6.06. The zero-order chi connectivity index (χ0) is 16.2. The molecule has 1 aromatic carbocycles. The highest BCUT2D eigenvalue weighted by atomic mass is 16.5. The van der Waals surface area contributed by atoms with Crippen LogP contribution in [0.5, 0.6) is 5.75 Å². The van der Waals surface area contributed by atoms with Gasteiger partial charge in [-0.1, -0.05) is 18.2 Å². The molecule has 1 fully saturated rings. The second-order valence-electron chi connectivity index (χ2n) is 5.22. The molecular weight excluding hydrogens is 282 g/mol. The van der Waals surface area contributed by atoms with Crippen molar-refractivity contribution in [3.05, 3.63) is 42.5 Å². The molecule has 1 amide bonds. The third-order valence-electron chi connectivity index (χ3n) is 3.97. The first-order chi connectivity index (χ1) is 10.6. The fraction of sp³-hybridized carbons (Fsp3) is 0.412. The van der Waals surface area contributed by atoms with Crippen molar-refractivity contribution in [2.24, 2.45) is 5.41 Å². The topological polar surface area (TPSA) is 55.8 Å². The van der Waals surface area contributed by atoms with Crippen LogP contribution >= 0.6 is 0 Å². The molecule has 1 unspecified atom stereocenters. The van der Waals surface area contributed by atoms with Gasteiger partial charge in [-0.15, -0.1) is 6.58 Å². The third-order valence-corrected chi connectivity index (χ3v) is 3.97. The lowest BCUT2D eigenvalue weighted by Gasteiger charge is -2.22. The first-order valence-corrected chi connectivity index (χ1v) is 7.30. The number of nitrogens with zero attached hydrogens (tertiary/aromatic N) is 1. The smallest absolute Gasteiger partial charge is 0.325 e. The molecule has 1 aliphatic heterocycles. The third kappa shape index (κ3) is 2.84. The van der Waals surface area contributed by atoms with Crippen molar-refractivity contribution in [1.29, 1.82) is 0 Å². The number of hydrogen-bond donors (Lipinski definition) is 0. The van der Waals surface area contributed by atoms with Gasteiger partial charge >= 0.3 is 5.97 Å². The molecule has 118 valence electrons. The molecule has 1 aromatic rings. The van der Waals surface area contributed by atoms with Crippen molar-refractivity contribution in [3.63, 3.8) is 0 Å². The predicted molar refractivity (Wildman–Crippen MR) is 82.3 cm³/mol. The molecule has 0 saturated carbocycles. The van der Waals surface area contributed by atoms with Crippen LogP contribution in [0.4, 0.5) is 0 Å². The molecule has 0 spiro atoms. The number of carbonyl (C=O) groups is 2. The SMILES string of the molecule is C=CC1(C(=O)OCC)CCN(Cc2ccc(OC)cc2)C1=O. The average Bonchev–Trinajstić information content (AvgIpc) is 2.86. The normalized spacial score (nSPS) is 20.8. The Morgan fingerprint density at radius 1 is 1.41 bits per heavy atom. The number of esters is 1. The molecule has 0 aromatic heterocycles. The molecule has 22 heavy (non-hydrogen) atoms. The number of carbonyl (C=O) groups excluding carboxylic acids is 2. The van der Waals surface area contributed by atoms with Gasteiger partial charge in [0.25, 0.3) is 0 Å². The van der Waals surface area contributed by atoms with Crippen molar-refractivity contribution < 1.29 is 19.1 Å². The van der Waals surface area contributed by atoms with Gasteiger partial charge in [0.1, 0.15) is 5.75 Å². The van der Waals surface area contributed by atoms with Gasteiger partial charge in [0, 0.05) is 13.1 Å². The molecule has 1 aliphatic rings. The summed E-state index contributed by atoms with van der Waals surface area (Å²) in [7, 11) is 1.61. The highest BCUT2D eigenvalue weighted by Gasteiger charge is 2.51. The van der Waals surface area contributed by atoms with E-state index in [-0.39, 0.29) is 12.5 Å². The molecule has 0 aliphatic carbocycles. The Labute approximate surface area is 130 Å². The van der Waals surface area contributed by atoms with E-state index in [1.807, 2.05) is 24.3 Å². The zero-order valence-corrected chi connectivity index (χ0v) is 13.0. The number of amides is 1. The van der Waals surface area contributed by atoms with Gasteiger partial charge in [-0.3, -0.25) is 9.59 Å². The van der Waals surface area contributed by atoms with Crippen LogP contribution in [0.2, 0.25) is 0 Å². The van der Waals surface area contributed by atoms with E-state index in [0.717, 1.165) is 11.3 Å². The van der Waals surface area contributed by atoms with Crippen LogP contribution in [0.25, 0.3) is 0 Å². The van der Waals surface area contributed by atoms with E-state index in [1.165, 1.54) is 6.08 Å². The van der Waals surface area contributed by atoms with E-state index < -0.39 is 11.4 Å². The van der Waals surface area contributed by atoms with Gasteiger partial charge in [-0.25, -0.2) is 0 Å². The average molecular weight is 303 g/mol. The van der Waals surface area contributed by atoms with Crippen LogP contribution < -0.4 is 4.74 Å². The number of ether oxygens (including phenoxy) is 2. The lowest BCUT2D eigenvalue weighted by molar-refractivity contribution is -0.157. The second kappa shape index (κ2) is 6.64. The molecule has 0 bridgehead atoms. The minimum absolute atomic E-state index is 0.239. The van der Waals surface area contributed by atoms with Crippen LogP contribution in [-0.4, -0.2) is 37.0 Å². The van der Waals surface area contributed by atoms with Gasteiger partial charge in [0.2, 0.25) is 5.91 Å². The summed E-state index contributed by atoms with van der Waals surface area (Å²) in [6, 6.07) is 7.51. The van der Waals surface area contributed by atoms with Gasteiger partial charge in [-0.05, 0) is 31.0 Å². The lowest BCUT2D eigenvalue weighted by atomic mass is 9.86. The van der Waals surface area contributed by atoms with Crippen LogP contribution in [-0.2, 0) is 20.9 Å². The van der Waals surface area contributed by atoms with E-state index >= 15 is 0 Å². The summed E-state index contributed by atoms with van der Waals surface area (Å²) >= 11 is 0. The number of rotatable bonds is 6. The molecule has 1 saturated heterocycles. The standard InChI is InChI=1S/C17H21NO4/c1-4-17(16(20)22-5-2)10-11-18(15(17)19)12-13-6-8-14(21-3)9-7-13/h4,6-9H,1,5,10-12H2,2-3H3. The molecule has 0 radical (unpaired) electrons. The minimum atomic E-state index is -1.23. The highest BCUT2D eigenvalue weighted by Crippen LogP contribution is 2.35. The molecule has 2 rings (SSSR count). The van der Waals surface area contributed by atoms with Crippen molar-refractivity contribution >= 4 is 11.9 Å². The maximum absolute atomic E-state index is 12.6. The van der Waals surface area contributed by atoms with Crippen molar-refractivity contribution in [1.82, 2.24) is 4.90 Å². The largest absolute Gasteiger partial charge is 0.497 e. The van der Waals surface area contributed by atoms with Crippen molar-refractivity contribution in [2.75, 3.05) is 20.3 Å². The van der Waals surface area contributed by atoms with E-state index in [0.29, 0.717) is 19.5 Å². The maximum Gasteiger partial charge on any atom is 0.325 e. The molecule has 1 atom stereocenters. The van der Waals surface area contributed by atoms with Crippen LogP contribution in [0.3, 0.4) is 0 Å². The Morgan fingerprint density at radius 2 is 2.09 bits per heavy atom. The summed E-state index contributed by atoms with van der Waals surface area (Å²) < 4.78 is 10.2. The molecular formula is C17H21NO4. The number of benzene rings is 1. The Bertz CT molecular complexity index is 567. The monoisotopic (exact) mass is 303 g/mol. The zero-order valence-electron chi connectivity index (χ0n) is 13.0. The van der Waals surface area contributed by atoms with Gasteiger partial charge in [0.05, 0.1) is 13.7 Å². The van der Waals surface area contributed by atoms with Gasteiger partial charge < -0.3 is 14.4 Å². The molecule has 5 nitrogen and oxygen atoms in total. The lowest BCUT2D eigenvalue weighted by Crippen LogP contribution is -2.40. The summed E-state index contributed by atoms with van der Waals surface area (Å²) in [6.07, 6.45) is 1.83. The summed E-state index contributed by atoms with van der Waals surface area (Å²) in [6.45, 7) is 6.61. The van der Waals surface area contributed by atoms with Crippen LogP contribution in [0, 0.1) is 5.41 Å². The van der Waals surface area contributed by atoms with Gasteiger partial charge in [0.15, 0.2) is 5.41 Å². The van der Waals surface area contributed by atoms with E-state index in [9.17, 15) is 9.59 Å². The number of likely N-dealkylation sites (tertiary alicyclic amines) is 1. The predicted octanol–water partition coefficient (Wildman–Crippen LogP) is 2.16. The van der Waals surface area contributed by atoms with E-state index in [1.54, 1.807) is 18.9 Å². The fourth-order valence-electron chi connectivity index (χ4n) is 2.63. The first-order valence-electron chi connectivity index (χ1n) is 7.30. The van der Waals surface area contributed by atoms with Crippen LogP contribution in [0.1, 0.15) is 18.9 Å². The Balaban J connectivity index is 2.12. The fourth-order valence-corrected chi connectivity index (χ4v) is 2.63. The molecule has 1 heterocycles. The Hall–Kier alpha value is -2.30. The summed E-state index contributed by atoms with van der Waals surface area (Å²) in [5.74, 6) is 0.0208. The molecule has 0 N–H and O–H groups in total. The maximum atomic E-state index is 12.6. The van der Waals surface area contributed by atoms with Crippen LogP contribution in [0.15, 0.2) is 36.9 Å². The summed E-state index contributed by atoms with van der Waals surface area (Å²) in [5, 5.41) is 0. The first kappa shape index (κ1) is 16.1. The minimum Gasteiger partial charge on any atom is -0.497 e. The number of hydrogen-bond acceptors (Lipinski definition) is 4.